The van der Waals surface area contributed by atoms with Gasteiger partial charge in [0, 0.05) is 34.7 Å². The van der Waals surface area contributed by atoms with Crippen LogP contribution in [-0.2, 0) is 4.74 Å². The maximum Gasteiger partial charge on any atom is 0.410 e. The van der Waals surface area contributed by atoms with Crippen LogP contribution in [0.15, 0.2) is 46.9 Å². The Kier molecular flexibility index (Phi) is 5.79. The van der Waals surface area contributed by atoms with Crippen molar-refractivity contribution in [2.75, 3.05) is 18.4 Å². The van der Waals surface area contributed by atoms with Gasteiger partial charge in [-0.1, -0.05) is 28.1 Å². The second-order valence-electron chi connectivity index (χ2n) is 8.12. The summed E-state index contributed by atoms with van der Waals surface area (Å²) in [6.07, 6.45) is -0.266. The topological polar surface area (TPSA) is 58.6 Å². The molecular formula is C22H25BrN2O3. The van der Waals surface area contributed by atoms with Gasteiger partial charge in [0.05, 0.1) is 0 Å². The molecule has 28 heavy (non-hydrogen) atoms. The Morgan fingerprint density at radius 3 is 2.32 bits per heavy atom. The van der Waals surface area contributed by atoms with Gasteiger partial charge >= 0.3 is 6.09 Å². The number of benzene rings is 2. The van der Waals surface area contributed by atoms with Crippen molar-refractivity contribution in [3.63, 3.8) is 0 Å². The molecule has 3 rings (SSSR count). The molecule has 0 atom stereocenters. The molecule has 1 saturated heterocycles. The zero-order valence-electron chi connectivity index (χ0n) is 16.6. The molecule has 0 bridgehead atoms. The van der Waals surface area contributed by atoms with Crippen molar-refractivity contribution in [2.45, 2.75) is 39.2 Å². The molecule has 2 aromatic rings. The van der Waals surface area contributed by atoms with E-state index in [9.17, 15) is 9.59 Å². The van der Waals surface area contributed by atoms with E-state index in [2.05, 4.69) is 21.2 Å². The zero-order valence-corrected chi connectivity index (χ0v) is 18.2. The molecule has 0 saturated carbocycles. The SMILES string of the molecule is Cc1cc(Br)ccc1C(=O)Nc1ccc(C2CN(C(=O)OC(C)(C)C)C2)cc1. The average Bonchev–Trinajstić information content (AvgIpc) is 2.53. The fourth-order valence-electron chi connectivity index (χ4n) is 3.08. The van der Waals surface area contributed by atoms with Gasteiger partial charge in [0.1, 0.15) is 5.60 Å². The Hall–Kier alpha value is -2.34. The Morgan fingerprint density at radius 1 is 1.11 bits per heavy atom. The summed E-state index contributed by atoms with van der Waals surface area (Å²) in [5, 5.41) is 2.93. The van der Waals surface area contributed by atoms with E-state index in [4.69, 9.17) is 4.74 Å². The Labute approximate surface area is 174 Å². The molecule has 1 aliphatic heterocycles. The number of nitrogens with one attached hydrogen (secondary N) is 1. The maximum absolute atomic E-state index is 12.5. The Bertz CT molecular complexity index is 882. The minimum atomic E-state index is -0.477. The number of aryl methyl sites for hydroxylation is 1. The number of carbonyl (C=O) groups excluding carboxylic acids is 2. The van der Waals surface area contributed by atoms with Gasteiger partial charge in [-0.3, -0.25) is 4.79 Å². The molecular weight excluding hydrogens is 420 g/mol. The molecule has 0 aromatic heterocycles. The lowest BCUT2D eigenvalue weighted by molar-refractivity contribution is 0.00819. The number of rotatable bonds is 3. The second-order valence-corrected chi connectivity index (χ2v) is 9.03. The highest BCUT2D eigenvalue weighted by Crippen LogP contribution is 2.29. The summed E-state index contributed by atoms with van der Waals surface area (Å²) < 4.78 is 6.34. The molecule has 0 radical (unpaired) electrons. The summed E-state index contributed by atoms with van der Waals surface area (Å²) >= 11 is 3.41. The van der Waals surface area contributed by atoms with Gasteiger partial charge in [-0.2, -0.15) is 0 Å². The number of carbonyl (C=O) groups is 2. The van der Waals surface area contributed by atoms with Crippen molar-refractivity contribution in [3.05, 3.63) is 63.6 Å². The summed E-state index contributed by atoms with van der Waals surface area (Å²) in [5.74, 6) is 0.170. The van der Waals surface area contributed by atoms with E-state index in [1.54, 1.807) is 4.90 Å². The normalized spacial score (nSPS) is 14.4. The van der Waals surface area contributed by atoms with Crippen LogP contribution >= 0.6 is 15.9 Å². The van der Waals surface area contributed by atoms with Crippen molar-refractivity contribution in [1.82, 2.24) is 4.90 Å². The van der Waals surface area contributed by atoms with E-state index in [1.807, 2.05) is 70.2 Å². The Balaban J connectivity index is 1.56. The van der Waals surface area contributed by atoms with Gasteiger partial charge in [0.2, 0.25) is 0 Å². The first kappa shape index (κ1) is 20.4. The standard InChI is InChI=1S/C22H25BrN2O3/c1-14-11-17(23)7-10-19(14)20(26)24-18-8-5-15(6-9-18)16-12-25(13-16)21(27)28-22(2,3)4/h5-11,16H,12-13H2,1-4H3,(H,24,26). The largest absolute Gasteiger partial charge is 0.444 e. The van der Waals surface area contributed by atoms with Crippen molar-refractivity contribution < 1.29 is 14.3 Å². The van der Waals surface area contributed by atoms with E-state index < -0.39 is 5.60 Å². The van der Waals surface area contributed by atoms with Gasteiger partial charge in [-0.05, 0) is 69.2 Å². The first-order valence-corrected chi connectivity index (χ1v) is 10.1. The third-order valence-corrected chi connectivity index (χ3v) is 5.10. The number of amides is 2. The molecule has 2 aromatic carbocycles. The van der Waals surface area contributed by atoms with Crippen molar-refractivity contribution in [3.8, 4) is 0 Å². The molecule has 1 fully saturated rings. The van der Waals surface area contributed by atoms with Gasteiger partial charge in [0.15, 0.2) is 0 Å². The van der Waals surface area contributed by atoms with Crippen LogP contribution in [0.1, 0.15) is 48.2 Å². The third kappa shape index (κ3) is 4.93. The van der Waals surface area contributed by atoms with Crippen LogP contribution in [0, 0.1) is 6.92 Å². The molecule has 0 spiro atoms. The minimum Gasteiger partial charge on any atom is -0.444 e. The summed E-state index contributed by atoms with van der Waals surface area (Å²) in [6, 6.07) is 13.4. The highest BCUT2D eigenvalue weighted by Gasteiger charge is 2.34. The lowest BCUT2D eigenvalue weighted by Crippen LogP contribution is -2.50. The zero-order chi connectivity index (χ0) is 20.5. The molecule has 6 heteroatoms. The van der Waals surface area contributed by atoms with Gasteiger partial charge in [-0.15, -0.1) is 0 Å². The number of nitrogens with zero attached hydrogens (tertiary/aromatic N) is 1. The van der Waals surface area contributed by atoms with Crippen LogP contribution < -0.4 is 5.32 Å². The number of halogens is 1. The molecule has 5 nitrogen and oxygen atoms in total. The van der Waals surface area contributed by atoms with Crippen LogP contribution in [0.5, 0.6) is 0 Å². The Morgan fingerprint density at radius 2 is 1.75 bits per heavy atom. The van der Waals surface area contributed by atoms with Crippen molar-refractivity contribution in [1.29, 1.82) is 0 Å². The predicted molar refractivity (Wildman–Crippen MR) is 114 cm³/mol. The van der Waals surface area contributed by atoms with Crippen molar-refractivity contribution >= 4 is 33.6 Å². The summed E-state index contributed by atoms with van der Waals surface area (Å²) in [7, 11) is 0. The second kappa shape index (κ2) is 7.95. The van der Waals surface area contributed by atoms with Crippen LogP contribution in [0.25, 0.3) is 0 Å². The summed E-state index contributed by atoms with van der Waals surface area (Å²) in [4.78, 5) is 26.2. The molecule has 0 unspecified atom stereocenters. The number of anilines is 1. The van der Waals surface area contributed by atoms with Crippen LogP contribution in [0.3, 0.4) is 0 Å². The van der Waals surface area contributed by atoms with Gasteiger partial charge in [0.25, 0.3) is 5.91 Å². The fraction of sp³-hybridized carbons (Fsp3) is 0.364. The quantitative estimate of drug-likeness (QED) is 0.694. The summed E-state index contributed by atoms with van der Waals surface area (Å²) in [6.45, 7) is 8.81. The molecule has 1 aliphatic rings. The first-order chi connectivity index (χ1) is 13.1. The smallest absolute Gasteiger partial charge is 0.410 e. The number of likely N-dealkylation sites (tertiary alicyclic amines) is 1. The molecule has 1 heterocycles. The molecule has 1 N–H and O–H groups in total. The third-order valence-electron chi connectivity index (χ3n) is 4.61. The molecule has 0 aliphatic carbocycles. The van der Waals surface area contributed by atoms with Crippen LogP contribution in [0.4, 0.5) is 10.5 Å². The van der Waals surface area contributed by atoms with E-state index in [-0.39, 0.29) is 12.0 Å². The highest BCUT2D eigenvalue weighted by molar-refractivity contribution is 9.10. The van der Waals surface area contributed by atoms with E-state index >= 15 is 0 Å². The van der Waals surface area contributed by atoms with E-state index in [0.29, 0.717) is 24.6 Å². The highest BCUT2D eigenvalue weighted by atomic mass is 79.9. The molecule has 148 valence electrons. The van der Waals surface area contributed by atoms with Gasteiger partial charge < -0.3 is 15.0 Å². The maximum atomic E-state index is 12.5. The van der Waals surface area contributed by atoms with Crippen LogP contribution in [-0.4, -0.2) is 35.6 Å². The number of hydrogen-bond donors (Lipinski definition) is 1. The minimum absolute atomic E-state index is 0.127. The average molecular weight is 445 g/mol. The summed E-state index contributed by atoms with van der Waals surface area (Å²) in [5.41, 5.74) is 2.99. The van der Waals surface area contributed by atoms with Gasteiger partial charge in [-0.25, -0.2) is 4.79 Å². The van der Waals surface area contributed by atoms with Crippen molar-refractivity contribution in [2.24, 2.45) is 0 Å². The predicted octanol–water partition coefficient (Wildman–Crippen LogP) is 5.34. The lowest BCUT2D eigenvalue weighted by atomic mass is 9.92. The lowest BCUT2D eigenvalue weighted by Gasteiger charge is -2.40. The van der Waals surface area contributed by atoms with Crippen LogP contribution in [0.2, 0.25) is 0 Å². The monoisotopic (exact) mass is 444 g/mol. The first-order valence-electron chi connectivity index (χ1n) is 9.28. The fourth-order valence-corrected chi connectivity index (χ4v) is 3.56. The van der Waals surface area contributed by atoms with E-state index in [0.717, 1.165) is 21.3 Å². The van der Waals surface area contributed by atoms with E-state index in [1.165, 1.54) is 0 Å². The molecule has 2 amide bonds. The number of hydrogen-bond acceptors (Lipinski definition) is 3. The number of ether oxygens (including phenoxy) is 1.